The van der Waals surface area contributed by atoms with E-state index in [-0.39, 0.29) is 36.4 Å². The predicted molar refractivity (Wildman–Crippen MR) is 165 cm³/mol. The Morgan fingerprint density at radius 1 is 0.977 bits per heavy atom. The zero-order chi connectivity index (χ0) is 30.6. The van der Waals surface area contributed by atoms with Gasteiger partial charge in [-0.1, -0.05) is 36.4 Å². The second-order valence-corrected chi connectivity index (χ2v) is 10.8. The number of benzene rings is 3. The molecular weight excluding hydrogens is 591 g/mol. The highest BCUT2D eigenvalue weighted by Crippen LogP contribution is 2.23. The summed E-state index contributed by atoms with van der Waals surface area (Å²) in [5.74, 6) is -2.09. The first-order valence-corrected chi connectivity index (χ1v) is 14.9. The number of ether oxygens (including phenoxy) is 1. The Hall–Kier alpha value is -4.81. The fourth-order valence-electron chi connectivity index (χ4n) is 3.64. The molecule has 3 amide bonds. The van der Waals surface area contributed by atoms with Crippen molar-refractivity contribution in [2.24, 2.45) is 0 Å². The SMILES string of the molecule is CCOC(=O)Cc1csc(NC(=O)CSc2cccc(NC(=O)/C(=C/c3ccc(F)cc3)NC(=O)c3ccccc3)c2)n1. The molecule has 0 fully saturated rings. The molecule has 12 heteroatoms. The molecule has 0 saturated carbocycles. The molecule has 3 aromatic carbocycles. The van der Waals surface area contributed by atoms with Crippen LogP contribution in [0.1, 0.15) is 28.5 Å². The molecule has 4 rings (SSSR count). The monoisotopic (exact) mass is 618 g/mol. The summed E-state index contributed by atoms with van der Waals surface area (Å²) < 4.78 is 18.3. The molecule has 0 saturated heterocycles. The minimum atomic E-state index is -0.587. The number of thioether (sulfide) groups is 1. The van der Waals surface area contributed by atoms with Gasteiger partial charge in [-0.05, 0) is 61.0 Å². The Morgan fingerprint density at radius 3 is 2.49 bits per heavy atom. The lowest BCUT2D eigenvalue weighted by atomic mass is 10.1. The number of amides is 3. The number of carbonyl (C=O) groups excluding carboxylic acids is 4. The molecule has 220 valence electrons. The molecule has 0 unspecified atom stereocenters. The number of nitrogens with zero attached hydrogens (tertiary/aromatic N) is 1. The van der Waals surface area contributed by atoms with E-state index in [9.17, 15) is 23.6 Å². The van der Waals surface area contributed by atoms with Gasteiger partial charge in [-0.3, -0.25) is 19.2 Å². The van der Waals surface area contributed by atoms with Crippen LogP contribution in [0.3, 0.4) is 0 Å². The van der Waals surface area contributed by atoms with Crippen LogP contribution in [0.25, 0.3) is 6.08 Å². The highest BCUT2D eigenvalue weighted by atomic mass is 32.2. The number of rotatable bonds is 12. The van der Waals surface area contributed by atoms with Crippen molar-refractivity contribution < 1.29 is 28.3 Å². The van der Waals surface area contributed by atoms with Crippen molar-refractivity contribution >= 4 is 63.7 Å². The number of esters is 1. The number of nitrogens with one attached hydrogen (secondary N) is 3. The lowest BCUT2D eigenvalue weighted by molar-refractivity contribution is -0.142. The smallest absolute Gasteiger partial charge is 0.311 e. The quantitative estimate of drug-likeness (QED) is 0.108. The van der Waals surface area contributed by atoms with E-state index in [2.05, 4.69) is 20.9 Å². The minimum absolute atomic E-state index is 0.0320. The van der Waals surface area contributed by atoms with Crippen LogP contribution in [0.5, 0.6) is 0 Å². The van der Waals surface area contributed by atoms with E-state index < -0.39 is 17.6 Å². The summed E-state index contributed by atoms with van der Waals surface area (Å²) in [6.45, 7) is 2.01. The Labute approximate surface area is 255 Å². The van der Waals surface area contributed by atoms with Gasteiger partial charge in [0.15, 0.2) is 5.13 Å². The second kappa shape index (κ2) is 15.4. The number of hydrogen-bond acceptors (Lipinski definition) is 8. The number of halogens is 1. The van der Waals surface area contributed by atoms with Crippen LogP contribution in [-0.4, -0.2) is 41.0 Å². The van der Waals surface area contributed by atoms with Crippen LogP contribution < -0.4 is 16.0 Å². The minimum Gasteiger partial charge on any atom is -0.466 e. The first-order valence-electron chi connectivity index (χ1n) is 13.1. The van der Waals surface area contributed by atoms with E-state index in [0.717, 1.165) is 0 Å². The maximum Gasteiger partial charge on any atom is 0.311 e. The summed E-state index contributed by atoms with van der Waals surface area (Å²) in [6.07, 6.45) is 1.49. The van der Waals surface area contributed by atoms with Crippen molar-refractivity contribution in [3.05, 3.63) is 113 Å². The first kappa shape index (κ1) is 31.1. The molecule has 0 bridgehead atoms. The molecule has 0 aliphatic rings. The zero-order valence-electron chi connectivity index (χ0n) is 23.0. The van der Waals surface area contributed by atoms with Gasteiger partial charge in [0.2, 0.25) is 5.91 Å². The van der Waals surface area contributed by atoms with Crippen molar-refractivity contribution in [3.63, 3.8) is 0 Å². The standard InChI is InChI=1S/C31H27FN4O5S2/c1-2-41-28(38)17-24-18-43-31(34-24)36-27(37)19-42-25-10-6-9-23(16-25)33-30(40)26(15-20-11-13-22(32)14-12-20)35-29(39)21-7-4-3-5-8-21/h3-16,18H,2,17,19H2,1H3,(H,33,40)(H,35,39)(H,34,36,37)/b26-15-. The van der Waals surface area contributed by atoms with Crippen LogP contribution in [0.15, 0.2) is 94.8 Å². The Morgan fingerprint density at radius 2 is 1.74 bits per heavy atom. The third-order valence-electron chi connectivity index (χ3n) is 5.60. The molecule has 0 aliphatic heterocycles. The largest absolute Gasteiger partial charge is 0.466 e. The summed E-state index contributed by atoms with van der Waals surface area (Å²) in [5.41, 5.74) is 1.80. The number of carbonyl (C=O) groups is 4. The average molecular weight is 619 g/mol. The van der Waals surface area contributed by atoms with Crippen LogP contribution in [0, 0.1) is 5.82 Å². The summed E-state index contributed by atoms with van der Waals surface area (Å²) in [6, 6.07) is 20.8. The third-order valence-corrected chi connectivity index (χ3v) is 7.40. The van der Waals surface area contributed by atoms with Gasteiger partial charge in [-0.25, -0.2) is 9.37 Å². The second-order valence-electron chi connectivity index (χ2n) is 8.87. The molecule has 1 aromatic heterocycles. The fraction of sp³-hybridized carbons (Fsp3) is 0.129. The summed E-state index contributed by atoms with van der Waals surface area (Å²) in [5, 5.41) is 10.2. The van der Waals surface area contributed by atoms with Gasteiger partial charge in [-0.2, -0.15) is 0 Å². The Balaban J connectivity index is 1.38. The molecule has 43 heavy (non-hydrogen) atoms. The lowest BCUT2D eigenvalue weighted by Crippen LogP contribution is -2.30. The van der Waals surface area contributed by atoms with E-state index in [1.54, 1.807) is 66.9 Å². The number of thiazole rings is 1. The van der Waals surface area contributed by atoms with Crippen molar-refractivity contribution in [3.8, 4) is 0 Å². The number of aromatic nitrogens is 1. The molecule has 9 nitrogen and oxygen atoms in total. The molecule has 1 heterocycles. The van der Waals surface area contributed by atoms with Gasteiger partial charge < -0.3 is 20.7 Å². The van der Waals surface area contributed by atoms with Gasteiger partial charge in [0, 0.05) is 21.5 Å². The van der Waals surface area contributed by atoms with Crippen molar-refractivity contribution in [1.29, 1.82) is 0 Å². The van der Waals surface area contributed by atoms with Crippen molar-refractivity contribution in [2.75, 3.05) is 23.0 Å². The van der Waals surface area contributed by atoms with E-state index in [1.807, 2.05) is 0 Å². The van der Waals surface area contributed by atoms with Gasteiger partial charge in [-0.15, -0.1) is 23.1 Å². The topological polar surface area (TPSA) is 126 Å². The van der Waals surface area contributed by atoms with Crippen molar-refractivity contribution in [1.82, 2.24) is 10.3 Å². The van der Waals surface area contributed by atoms with E-state index in [1.165, 1.54) is 53.4 Å². The summed E-state index contributed by atoms with van der Waals surface area (Å²) in [7, 11) is 0. The average Bonchev–Trinajstić information content (AvgIpc) is 3.43. The summed E-state index contributed by atoms with van der Waals surface area (Å²) in [4.78, 5) is 55.1. The van der Waals surface area contributed by atoms with E-state index >= 15 is 0 Å². The molecule has 0 aliphatic carbocycles. The number of hydrogen-bond donors (Lipinski definition) is 3. The van der Waals surface area contributed by atoms with Crippen molar-refractivity contribution in [2.45, 2.75) is 18.2 Å². The molecule has 0 atom stereocenters. The normalized spacial score (nSPS) is 11.0. The van der Waals surface area contributed by atoms with Crippen LogP contribution in [0.4, 0.5) is 15.2 Å². The molecule has 0 spiro atoms. The van der Waals surface area contributed by atoms with E-state index in [0.29, 0.717) is 32.5 Å². The van der Waals surface area contributed by atoms with Crippen LogP contribution in [-0.2, 0) is 25.5 Å². The van der Waals surface area contributed by atoms with Gasteiger partial charge in [0.25, 0.3) is 11.8 Å². The molecular formula is C31H27FN4O5S2. The van der Waals surface area contributed by atoms with E-state index in [4.69, 9.17) is 4.74 Å². The van der Waals surface area contributed by atoms with Gasteiger partial charge in [0.1, 0.15) is 11.5 Å². The van der Waals surface area contributed by atoms with Crippen LogP contribution in [0.2, 0.25) is 0 Å². The maximum absolute atomic E-state index is 13.4. The fourth-order valence-corrected chi connectivity index (χ4v) is 5.12. The Bertz CT molecular complexity index is 1620. The predicted octanol–water partition coefficient (Wildman–Crippen LogP) is 5.53. The first-order chi connectivity index (χ1) is 20.8. The third kappa shape index (κ3) is 9.90. The highest BCUT2D eigenvalue weighted by molar-refractivity contribution is 8.00. The zero-order valence-corrected chi connectivity index (χ0v) is 24.6. The molecule has 3 N–H and O–H groups in total. The lowest BCUT2D eigenvalue weighted by Gasteiger charge is -2.12. The molecule has 0 radical (unpaired) electrons. The number of anilines is 2. The maximum atomic E-state index is 13.4. The molecule has 4 aromatic rings. The highest BCUT2D eigenvalue weighted by Gasteiger charge is 2.16. The van der Waals surface area contributed by atoms with Gasteiger partial charge in [0.05, 0.1) is 24.5 Å². The Kier molecular flexibility index (Phi) is 11.2. The van der Waals surface area contributed by atoms with Gasteiger partial charge >= 0.3 is 5.97 Å². The van der Waals surface area contributed by atoms with Crippen LogP contribution >= 0.6 is 23.1 Å². The summed E-state index contributed by atoms with van der Waals surface area (Å²) >= 11 is 2.47.